The third-order valence-electron chi connectivity index (χ3n) is 4.61. The zero-order valence-corrected chi connectivity index (χ0v) is 12.9. The van der Waals surface area contributed by atoms with E-state index in [-0.39, 0.29) is 12.0 Å². The molecular weight excluding hydrogens is 286 g/mol. The fraction of sp³-hybridized carbons (Fsp3) is 0.562. The number of carbonyl (C=O) groups excluding carboxylic acids is 1. The van der Waals surface area contributed by atoms with Crippen LogP contribution < -0.4 is 10.6 Å². The van der Waals surface area contributed by atoms with Gasteiger partial charge in [0, 0.05) is 38.1 Å². The molecule has 4 nitrogen and oxygen atoms in total. The van der Waals surface area contributed by atoms with Gasteiger partial charge in [0.25, 0.3) is 0 Å². The van der Waals surface area contributed by atoms with E-state index in [1.165, 1.54) is 0 Å². The number of anilines is 1. The SMILES string of the molecule is N[C@H]1CC[C@H](C(=O)N2CCN(c3ccccc3Cl)CC2)C1. The summed E-state index contributed by atoms with van der Waals surface area (Å²) >= 11 is 6.24. The minimum absolute atomic E-state index is 0.145. The first-order chi connectivity index (χ1) is 10.1. The highest BCUT2D eigenvalue weighted by Crippen LogP contribution is 2.28. The second-order valence-electron chi connectivity index (χ2n) is 6.03. The van der Waals surface area contributed by atoms with Crippen molar-refractivity contribution in [3.8, 4) is 0 Å². The van der Waals surface area contributed by atoms with Gasteiger partial charge in [-0.25, -0.2) is 0 Å². The van der Waals surface area contributed by atoms with Crippen LogP contribution >= 0.6 is 11.6 Å². The van der Waals surface area contributed by atoms with E-state index in [4.69, 9.17) is 17.3 Å². The summed E-state index contributed by atoms with van der Waals surface area (Å²) in [5.74, 6) is 0.439. The molecule has 1 aliphatic heterocycles. The molecule has 21 heavy (non-hydrogen) atoms. The molecular formula is C16H22ClN3O. The summed E-state index contributed by atoms with van der Waals surface area (Å²) in [5.41, 5.74) is 6.98. The number of nitrogens with zero attached hydrogens (tertiary/aromatic N) is 2. The van der Waals surface area contributed by atoms with Crippen molar-refractivity contribution in [2.45, 2.75) is 25.3 Å². The number of amides is 1. The fourth-order valence-corrected chi connectivity index (χ4v) is 3.63. The van der Waals surface area contributed by atoms with Gasteiger partial charge in [0.1, 0.15) is 0 Å². The van der Waals surface area contributed by atoms with E-state index in [9.17, 15) is 4.79 Å². The first-order valence-corrected chi connectivity index (χ1v) is 8.07. The Hall–Kier alpha value is -1.26. The Morgan fingerprint density at radius 3 is 2.48 bits per heavy atom. The van der Waals surface area contributed by atoms with E-state index in [1.807, 2.05) is 29.2 Å². The molecule has 2 N–H and O–H groups in total. The molecule has 1 aromatic carbocycles. The van der Waals surface area contributed by atoms with Crippen LogP contribution in [0.15, 0.2) is 24.3 Å². The Labute approximate surface area is 130 Å². The smallest absolute Gasteiger partial charge is 0.225 e. The van der Waals surface area contributed by atoms with Crippen molar-refractivity contribution < 1.29 is 4.79 Å². The summed E-state index contributed by atoms with van der Waals surface area (Å²) in [6, 6.07) is 8.10. The summed E-state index contributed by atoms with van der Waals surface area (Å²) in [6.45, 7) is 3.23. The van der Waals surface area contributed by atoms with Gasteiger partial charge in [-0.05, 0) is 31.4 Å². The Morgan fingerprint density at radius 1 is 1.14 bits per heavy atom. The van der Waals surface area contributed by atoms with Gasteiger partial charge in [-0.15, -0.1) is 0 Å². The number of para-hydroxylation sites is 1. The molecule has 1 saturated carbocycles. The van der Waals surface area contributed by atoms with Crippen LogP contribution in [0, 0.1) is 5.92 Å². The van der Waals surface area contributed by atoms with Crippen LogP contribution in [0.25, 0.3) is 0 Å². The Balaban J connectivity index is 1.58. The van der Waals surface area contributed by atoms with E-state index < -0.39 is 0 Å². The number of halogens is 1. The molecule has 2 fully saturated rings. The van der Waals surface area contributed by atoms with Crippen molar-refractivity contribution in [2.24, 2.45) is 11.7 Å². The lowest BCUT2D eigenvalue weighted by molar-refractivity contribution is -0.135. The zero-order chi connectivity index (χ0) is 14.8. The van der Waals surface area contributed by atoms with Gasteiger partial charge in [-0.2, -0.15) is 0 Å². The fourth-order valence-electron chi connectivity index (χ4n) is 3.37. The summed E-state index contributed by atoms with van der Waals surface area (Å²) in [4.78, 5) is 16.7. The van der Waals surface area contributed by atoms with E-state index in [1.54, 1.807) is 0 Å². The molecule has 1 aliphatic carbocycles. The number of piperazine rings is 1. The topological polar surface area (TPSA) is 49.6 Å². The van der Waals surface area contributed by atoms with Crippen molar-refractivity contribution in [2.75, 3.05) is 31.1 Å². The van der Waals surface area contributed by atoms with Crippen LogP contribution in [-0.2, 0) is 4.79 Å². The monoisotopic (exact) mass is 307 g/mol. The Bertz CT molecular complexity index is 514. The van der Waals surface area contributed by atoms with Crippen molar-refractivity contribution in [3.05, 3.63) is 29.3 Å². The maximum Gasteiger partial charge on any atom is 0.225 e. The van der Waals surface area contributed by atoms with Gasteiger partial charge in [-0.3, -0.25) is 4.79 Å². The lowest BCUT2D eigenvalue weighted by atomic mass is 10.1. The van der Waals surface area contributed by atoms with Crippen LogP contribution in [0.4, 0.5) is 5.69 Å². The molecule has 1 heterocycles. The van der Waals surface area contributed by atoms with Gasteiger partial charge >= 0.3 is 0 Å². The highest BCUT2D eigenvalue weighted by Gasteiger charge is 2.32. The van der Waals surface area contributed by atoms with Gasteiger partial charge in [-0.1, -0.05) is 23.7 Å². The van der Waals surface area contributed by atoms with Gasteiger partial charge in [0.15, 0.2) is 0 Å². The van der Waals surface area contributed by atoms with Crippen LogP contribution in [0.5, 0.6) is 0 Å². The maximum absolute atomic E-state index is 12.5. The first-order valence-electron chi connectivity index (χ1n) is 7.69. The predicted molar refractivity (Wildman–Crippen MR) is 85.6 cm³/mol. The van der Waals surface area contributed by atoms with E-state index >= 15 is 0 Å². The Kier molecular flexibility index (Phi) is 4.36. The molecule has 0 bridgehead atoms. The molecule has 0 radical (unpaired) electrons. The molecule has 2 aliphatic rings. The van der Waals surface area contributed by atoms with Crippen molar-refractivity contribution >= 4 is 23.2 Å². The molecule has 1 aromatic rings. The molecule has 1 saturated heterocycles. The molecule has 1 amide bonds. The van der Waals surface area contributed by atoms with Crippen LogP contribution in [0.2, 0.25) is 5.02 Å². The molecule has 0 aromatic heterocycles. The maximum atomic E-state index is 12.5. The van der Waals surface area contributed by atoms with Crippen molar-refractivity contribution in [1.82, 2.24) is 4.90 Å². The molecule has 5 heteroatoms. The van der Waals surface area contributed by atoms with Gasteiger partial charge in [0.05, 0.1) is 10.7 Å². The highest BCUT2D eigenvalue weighted by atomic mass is 35.5. The number of hydrogen-bond donors (Lipinski definition) is 1. The summed E-state index contributed by atoms with van der Waals surface area (Å²) < 4.78 is 0. The average molecular weight is 308 g/mol. The third kappa shape index (κ3) is 3.16. The lowest BCUT2D eigenvalue weighted by Gasteiger charge is -2.37. The average Bonchev–Trinajstić information content (AvgIpc) is 2.94. The standard InChI is InChI=1S/C16H22ClN3O/c17-14-3-1-2-4-15(14)19-7-9-20(10-8-19)16(21)12-5-6-13(18)11-12/h1-4,12-13H,5-11,18H2/t12-,13-/m0/s1. The van der Waals surface area contributed by atoms with Crippen molar-refractivity contribution in [1.29, 1.82) is 0 Å². The number of rotatable bonds is 2. The predicted octanol–water partition coefficient (Wildman–Crippen LogP) is 2.12. The second kappa shape index (κ2) is 6.24. The summed E-state index contributed by atoms with van der Waals surface area (Å²) in [7, 11) is 0. The molecule has 3 rings (SSSR count). The minimum atomic E-state index is 0.145. The van der Waals surface area contributed by atoms with Crippen LogP contribution in [0.3, 0.4) is 0 Å². The molecule has 2 atom stereocenters. The van der Waals surface area contributed by atoms with Crippen LogP contribution in [0.1, 0.15) is 19.3 Å². The third-order valence-corrected chi connectivity index (χ3v) is 4.93. The van der Waals surface area contributed by atoms with Gasteiger partial charge in [0.2, 0.25) is 5.91 Å². The Morgan fingerprint density at radius 2 is 1.86 bits per heavy atom. The minimum Gasteiger partial charge on any atom is -0.367 e. The normalized spacial score (nSPS) is 26.2. The quantitative estimate of drug-likeness (QED) is 0.910. The van der Waals surface area contributed by atoms with Crippen molar-refractivity contribution in [3.63, 3.8) is 0 Å². The molecule has 0 spiro atoms. The van der Waals surface area contributed by atoms with Crippen LogP contribution in [-0.4, -0.2) is 43.0 Å². The summed E-state index contributed by atoms with van der Waals surface area (Å²) in [6.07, 6.45) is 2.78. The lowest BCUT2D eigenvalue weighted by Crippen LogP contribution is -2.50. The number of carbonyl (C=O) groups is 1. The summed E-state index contributed by atoms with van der Waals surface area (Å²) in [5, 5.41) is 0.777. The first kappa shape index (κ1) is 14.7. The zero-order valence-electron chi connectivity index (χ0n) is 12.2. The largest absolute Gasteiger partial charge is 0.367 e. The van der Waals surface area contributed by atoms with E-state index in [2.05, 4.69) is 4.90 Å². The number of nitrogens with two attached hydrogens (primary N) is 1. The van der Waals surface area contributed by atoms with E-state index in [0.717, 1.165) is 56.2 Å². The molecule has 0 unspecified atom stereocenters. The second-order valence-corrected chi connectivity index (χ2v) is 6.44. The number of benzene rings is 1. The van der Waals surface area contributed by atoms with Gasteiger partial charge < -0.3 is 15.5 Å². The number of hydrogen-bond acceptors (Lipinski definition) is 3. The molecule has 114 valence electrons. The highest BCUT2D eigenvalue weighted by molar-refractivity contribution is 6.33. The van der Waals surface area contributed by atoms with E-state index in [0.29, 0.717) is 5.91 Å².